The molecule has 1 aromatic heterocycles. The Bertz CT molecular complexity index is 477. The number of hydrogen-bond donors (Lipinski definition) is 3. The van der Waals surface area contributed by atoms with Gasteiger partial charge in [-0.25, -0.2) is 5.84 Å². The monoisotopic (exact) mass is 291 g/mol. The summed E-state index contributed by atoms with van der Waals surface area (Å²) < 4.78 is 5.95. The molecule has 0 unspecified atom stereocenters. The molecular weight excluding hydrogens is 266 g/mol. The van der Waals surface area contributed by atoms with E-state index >= 15 is 0 Å². The number of rotatable bonds is 5. The van der Waals surface area contributed by atoms with Crippen LogP contribution in [0, 0.1) is 0 Å². The van der Waals surface area contributed by atoms with Crippen LogP contribution in [0.15, 0.2) is 24.2 Å². The van der Waals surface area contributed by atoms with Gasteiger partial charge >= 0.3 is 0 Å². The van der Waals surface area contributed by atoms with E-state index in [1.54, 1.807) is 20.3 Å². The second-order valence-electron chi connectivity index (χ2n) is 5.38. The molecule has 0 amide bonds. The van der Waals surface area contributed by atoms with Crippen LogP contribution in [0.5, 0.6) is 5.75 Å². The second kappa shape index (κ2) is 7.17. The first kappa shape index (κ1) is 15.4. The van der Waals surface area contributed by atoms with Gasteiger partial charge in [-0.2, -0.15) is 0 Å². The summed E-state index contributed by atoms with van der Waals surface area (Å²) in [5.41, 5.74) is 7.26. The zero-order valence-corrected chi connectivity index (χ0v) is 12.8. The van der Waals surface area contributed by atoms with Crippen molar-refractivity contribution in [1.29, 1.82) is 0 Å². The number of nitrogens with zero attached hydrogens (tertiary/aromatic N) is 2. The van der Waals surface area contributed by atoms with Crippen LogP contribution in [0.1, 0.15) is 37.8 Å². The molecule has 1 heterocycles. The van der Waals surface area contributed by atoms with E-state index in [9.17, 15) is 0 Å². The van der Waals surface area contributed by atoms with Crippen molar-refractivity contribution in [2.75, 3.05) is 14.1 Å². The van der Waals surface area contributed by atoms with E-state index in [-0.39, 0.29) is 0 Å². The zero-order chi connectivity index (χ0) is 15.2. The van der Waals surface area contributed by atoms with Crippen LogP contribution in [0.2, 0.25) is 0 Å². The molecule has 0 aliphatic heterocycles. The highest BCUT2D eigenvalue weighted by Crippen LogP contribution is 2.23. The third-order valence-corrected chi connectivity index (χ3v) is 3.71. The van der Waals surface area contributed by atoms with Crippen molar-refractivity contribution in [3.63, 3.8) is 0 Å². The smallest absolute Gasteiger partial charge is 0.141 e. The van der Waals surface area contributed by atoms with Crippen molar-refractivity contribution < 1.29 is 4.74 Å². The highest BCUT2D eigenvalue weighted by atomic mass is 16.5. The first-order chi connectivity index (χ1) is 10.1. The Morgan fingerprint density at radius 3 is 2.57 bits per heavy atom. The van der Waals surface area contributed by atoms with Crippen molar-refractivity contribution in [3.8, 4) is 5.75 Å². The summed E-state index contributed by atoms with van der Waals surface area (Å²) >= 11 is 0. The van der Waals surface area contributed by atoms with Crippen LogP contribution >= 0.6 is 0 Å². The van der Waals surface area contributed by atoms with Gasteiger partial charge in [0, 0.05) is 14.1 Å². The van der Waals surface area contributed by atoms with Crippen LogP contribution < -0.4 is 21.6 Å². The molecule has 2 rings (SSSR count). The van der Waals surface area contributed by atoms with Gasteiger partial charge in [0.2, 0.25) is 0 Å². The van der Waals surface area contributed by atoms with Crippen molar-refractivity contribution in [3.05, 3.63) is 29.8 Å². The van der Waals surface area contributed by atoms with Gasteiger partial charge in [-0.3, -0.25) is 9.99 Å². The molecule has 0 bridgehead atoms. The number of pyridine rings is 1. The summed E-state index contributed by atoms with van der Waals surface area (Å²) in [7, 11) is 3.49. The summed E-state index contributed by atoms with van der Waals surface area (Å²) in [6.07, 6.45) is 8.12. The van der Waals surface area contributed by atoms with Gasteiger partial charge in [0.25, 0.3) is 0 Å². The first-order valence-electron chi connectivity index (χ1n) is 7.41. The van der Waals surface area contributed by atoms with Crippen LogP contribution in [0.3, 0.4) is 0 Å². The van der Waals surface area contributed by atoms with E-state index in [1.807, 2.05) is 12.1 Å². The third kappa shape index (κ3) is 4.01. The number of hydrazine groups is 1. The summed E-state index contributed by atoms with van der Waals surface area (Å²) in [5, 5.41) is 4.40. The molecule has 1 aliphatic carbocycles. The van der Waals surface area contributed by atoms with Crippen molar-refractivity contribution >= 4 is 5.70 Å². The van der Waals surface area contributed by atoms with E-state index in [4.69, 9.17) is 16.3 Å². The molecule has 116 valence electrons. The molecule has 1 aromatic rings. The van der Waals surface area contributed by atoms with Crippen LogP contribution in [0.4, 0.5) is 0 Å². The Kier molecular flexibility index (Phi) is 5.27. The molecule has 6 nitrogen and oxygen atoms in total. The molecule has 5 N–H and O–H groups in total. The quantitative estimate of drug-likeness (QED) is 0.561. The number of aromatic nitrogens is 1. The Morgan fingerprint density at radius 2 is 2.05 bits per heavy atom. The average molecular weight is 291 g/mol. The highest BCUT2D eigenvalue weighted by Gasteiger charge is 2.15. The lowest BCUT2D eigenvalue weighted by Crippen LogP contribution is -2.34. The zero-order valence-electron chi connectivity index (χ0n) is 12.8. The molecular formula is C15H25N5O. The first-order valence-corrected chi connectivity index (χ1v) is 7.41. The van der Waals surface area contributed by atoms with Gasteiger partial charge in [0.1, 0.15) is 11.6 Å². The van der Waals surface area contributed by atoms with Gasteiger partial charge in [-0.05, 0) is 37.8 Å². The maximum atomic E-state index is 6.08. The lowest BCUT2D eigenvalue weighted by Gasteiger charge is -2.23. The van der Waals surface area contributed by atoms with Crippen molar-refractivity contribution in [2.24, 2.45) is 11.6 Å². The van der Waals surface area contributed by atoms with Crippen LogP contribution in [-0.4, -0.2) is 30.2 Å². The van der Waals surface area contributed by atoms with Gasteiger partial charge < -0.3 is 15.8 Å². The van der Waals surface area contributed by atoms with Gasteiger partial charge in [-0.15, -0.1) is 0 Å². The Labute approximate surface area is 126 Å². The van der Waals surface area contributed by atoms with E-state index in [2.05, 4.69) is 10.3 Å². The van der Waals surface area contributed by atoms with E-state index in [1.165, 1.54) is 24.3 Å². The summed E-state index contributed by atoms with van der Waals surface area (Å²) in [6.45, 7) is 0. The summed E-state index contributed by atoms with van der Waals surface area (Å²) in [6, 6.07) is 3.77. The minimum Gasteiger partial charge on any atom is -0.489 e. The normalized spacial score (nSPS) is 17.1. The van der Waals surface area contributed by atoms with Gasteiger partial charge in [0.15, 0.2) is 0 Å². The molecule has 6 heteroatoms. The molecule has 0 atom stereocenters. The molecule has 0 saturated heterocycles. The minimum absolute atomic E-state index is 0.322. The molecule has 0 radical (unpaired) electrons. The molecule has 1 saturated carbocycles. The second-order valence-corrected chi connectivity index (χ2v) is 5.38. The van der Waals surface area contributed by atoms with Crippen molar-refractivity contribution in [1.82, 2.24) is 15.3 Å². The van der Waals surface area contributed by atoms with Crippen LogP contribution in [-0.2, 0) is 0 Å². The maximum absolute atomic E-state index is 6.08. The van der Waals surface area contributed by atoms with Crippen molar-refractivity contribution in [2.45, 2.75) is 38.2 Å². The Hall–Kier alpha value is -1.95. The van der Waals surface area contributed by atoms with E-state index in [0.29, 0.717) is 23.3 Å². The number of hydrogen-bond acceptors (Lipinski definition) is 6. The third-order valence-electron chi connectivity index (χ3n) is 3.71. The fourth-order valence-corrected chi connectivity index (χ4v) is 2.61. The lowest BCUT2D eigenvalue weighted by molar-refractivity contribution is 0.154. The predicted molar refractivity (Wildman–Crippen MR) is 83.9 cm³/mol. The molecule has 1 aliphatic rings. The average Bonchev–Trinajstić information content (AvgIpc) is 2.49. The number of nitrogens with two attached hydrogens (primary N) is 2. The van der Waals surface area contributed by atoms with E-state index < -0.39 is 0 Å². The highest BCUT2D eigenvalue weighted by molar-refractivity contribution is 5.62. The SMILES string of the molecule is CN/C(=C(/N)c1ccc(OC2CCCCC2)cn1)N(C)N. The van der Waals surface area contributed by atoms with Gasteiger partial charge in [0.05, 0.1) is 23.7 Å². The van der Waals surface area contributed by atoms with Gasteiger partial charge in [-0.1, -0.05) is 6.42 Å². The summed E-state index contributed by atoms with van der Waals surface area (Å²) in [4.78, 5) is 4.37. The summed E-state index contributed by atoms with van der Waals surface area (Å²) in [5.74, 6) is 7.14. The fourth-order valence-electron chi connectivity index (χ4n) is 2.61. The maximum Gasteiger partial charge on any atom is 0.141 e. The molecule has 0 aromatic carbocycles. The molecule has 1 fully saturated rings. The standard InChI is InChI=1S/C15H25N5O/c1-18-15(20(2)17)14(16)13-9-8-12(10-19-13)21-11-6-4-3-5-7-11/h8-11,18H,3-7,16-17H2,1-2H3/b15-14-. The van der Waals surface area contributed by atoms with E-state index in [0.717, 1.165) is 18.6 Å². The minimum atomic E-state index is 0.322. The molecule has 0 spiro atoms. The van der Waals surface area contributed by atoms with Crippen LogP contribution in [0.25, 0.3) is 5.70 Å². The number of nitrogens with one attached hydrogen (secondary N) is 1. The predicted octanol–water partition coefficient (Wildman–Crippen LogP) is 1.40. The number of ether oxygens (including phenoxy) is 1. The lowest BCUT2D eigenvalue weighted by atomic mass is 9.98. The topological polar surface area (TPSA) is 89.4 Å². The largest absolute Gasteiger partial charge is 0.489 e. The molecule has 21 heavy (non-hydrogen) atoms. The Balaban J connectivity index is 2.07. The Morgan fingerprint density at radius 1 is 1.33 bits per heavy atom. The fraction of sp³-hybridized carbons (Fsp3) is 0.533.